The summed E-state index contributed by atoms with van der Waals surface area (Å²) in [7, 11) is 0. The predicted octanol–water partition coefficient (Wildman–Crippen LogP) is 4.73. The van der Waals surface area contributed by atoms with E-state index >= 15 is 0 Å². The van der Waals surface area contributed by atoms with Crippen LogP contribution >= 0.6 is 22.7 Å². The summed E-state index contributed by atoms with van der Waals surface area (Å²) in [5.74, 6) is 0.804. The van der Waals surface area contributed by atoms with Crippen molar-refractivity contribution in [1.29, 1.82) is 0 Å². The van der Waals surface area contributed by atoms with Crippen molar-refractivity contribution in [3.8, 4) is 21.3 Å². The number of hydrogen-bond donors (Lipinski definition) is 0. The molecule has 0 aliphatic carbocycles. The number of rotatable bonds is 2. The first-order valence-corrected chi connectivity index (χ1v) is 8.83. The van der Waals surface area contributed by atoms with Crippen molar-refractivity contribution in [3.05, 3.63) is 60.0 Å². The summed E-state index contributed by atoms with van der Waals surface area (Å²) in [5, 5.41) is 18.7. The molecule has 0 N–H and O–H groups in total. The molecule has 3 aromatic heterocycles. The number of nitrogens with zero attached hydrogens (tertiary/aromatic N) is 4. The molecule has 0 atom stereocenters. The van der Waals surface area contributed by atoms with Crippen LogP contribution in [0.15, 0.2) is 60.0 Å². The van der Waals surface area contributed by atoms with Crippen molar-refractivity contribution in [3.63, 3.8) is 0 Å². The first-order valence-electron chi connectivity index (χ1n) is 7.14. The van der Waals surface area contributed by atoms with Gasteiger partial charge in [-0.2, -0.15) is 9.61 Å². The van der Waals surface area contributed by atoms with Gasteiger partial charge in [0, 0.05) is 5.56 Å². The third-order valence-corrected chi connectivity index (χ3v) is 5.54. The average molecular weight is 334 g/mol. The Hall–Kier alpha value is -2.57. The van der Waals surface area contributed by atoms with Crippen LogP contribution in [0.4, 0.5) is 0 Å². The summed E-state index contributed by atoms with van der Waals surface area (Å²) in [4.78, 5) is 1.89. The van der Waals surface area contributed by atoms with Gasteiger partial charge in [-0.15, -0.1) is 21.5 Å². The Morgan fingerprint density at radius 3 is 2.65 bits per heavy atom. The van der Waals surface area contributed by atoms with Crippen LogP contribution in [-0.2, 0) is 0 Å². The molecular formula is C17H10N4S2. The zero-order valence-corrected chi connectivity index (χ0v) is 13.5. The highest BCUT2D eigenvalue weighted by Crippen LogP contribution is 2.31. The van der Waals surface area contributed by atoms with Gasteiger partial charge < -0.3 is 0 Å². The van der Waals surface area contributed by atoms with Gasteiger partial charge in [-0.05, 0) is 28.3 Å². The summed E-state index contributed by atoms with van der Waals surface area (Å²) in [6, 6.07) is 18.8. The van der Waals surface area contributed by atoms with Crippen LogP contribution in [0, 0.1) is 0 Å². The largest absolute Gasteiger partial charge is 0.235 e. The lowest BCUT2D eigenvalue weighted by atomic mass is 10.1. The monoisotopic (exact) mass is 334 g/mol. The van der Waals surface area contributed by atoms with Crippen molar-refractivity contribution in [1.82, 2.24) is 19.8 Å². The van der Waals surface area contributed by atoms with Gasteiger partial charge in [-0.25, -0.2) is 0 Å². The van der Waals surface area contributed by atoms with E-state index in [9.17, 15) is 0 Å². The van der Waals surface area contributed by atoms with Crippen LogP contribution < -0.4 is 0 Å². The van der Waals surface area contributed by atoms with Crippen molar-refractivity contribution >= 4 is 38.4 Å². The molecule has 0 saturated carbocycles. The molecular weight excluding hydrogens is 324 g/mol. The second-order valence-electron chi connectivity index (χ2n) is 5.16. The van der Waals surface area contributed by atoms with Crippen molar-refractivity contribution in [2.75, 3.05) is 0 Å². The molecule has 0 fully saturated rings. The van der Waals surface area contributed by atoms with Gasteiger partial charge in [0.2, 0.25) is 4.96 Å². The Balaban J connectivity index is 1.67. The first-order chi connectivity index (χ1) is 11.4. The van der Waals surface area contributed by atoms with Crippen LogP contribution in [0.2, 0.25) is 0 Å². The van der Waals surface area contributed by atoms with Gasteiger partial charge in [0.1, 0.15) is 5.01 Å². The summed E-state index contributed by atoms with van der Waals surface area (Å²) in [5.41, 5.74) is 1.11. The van der Waals surface area contributed by atoms with Crippen LogP contribution in [0.3, 0.4) is 0 Å². The minimum atomic E-state index is 0.804. The van der Waals surface area contributed by atoms with Crippen LogP contribution in [0.25, 0.3) is 37.0 Å². The third kappa shape index (κ3) is 2.07. The molecule has 0 bridgehead atoms. The van der Waals surface area contributed by atoms with Gasteiger partial charge in [-0.3, -0.25) is 0 Å². The quantitative estimate of drug-likeness (QED) is 0.468. The van der Waals surface area contributed by atoms with E-state index in [4.69, 9.17) is 5.10 Å². The Labute approximate surface area is 139 Å². The molecule has 0 spiro atoms. The molecule has 3 heterocycles. The fourth-order valence-electron chi connectivity index (χ4n) is 2.62. The normalized spacial score (nSPS) is 11.5. The van der Waals surface area contributed by atoms with Crippen molar-refractivity contribution in [2.45, 2.75) is 0 Å². The summed E-state index contributed by atoms with van der Waals surface area (Å²) < 4.78 is 1.83. The van der Waals surface area contributed by atoms with Gasteiger partial charge in [0.15, 0.2) is 5.82 Å². The average Bonchev–Trinajstić information content (AvgIpc) is 3.30. The van der Waals surface area contributed by atoms with E-state index in [1.165, 1.54) is 10.8 Å². The molecule has 0 amide bonds. The summed E-state index contributed by atoms with van der Waals surface area (Å²) in [6.45, 7) is 0. The molecule has 0 aliphatic heterocycles. The van der Waals surface area contributed by atoms with E-state index in [2.05, 4.69) is 52.7 Å². The fraction of sp³-hybridized carbons (Fsp3) is 0. The molecule has 23 heavy (non-hydrogen) atoms. The molecule has 5 aromatic rings. The van der Waals surface area contributed by atoms with Crippen LogP contribution in [-0.4, -0.2) is 19.8 Å². The minimum absolute atomic E-state index is 0.804. The molecule has 0 saturated heterocycles. The predicted molar refractivity (Wildman–Crippen MR) is 94.9 cm³/mol. The van der Waals surface area contributed by atoms with Crippen LogP contribution in [0.5, 0.6) is 0 Å². The standard InChI is InChI=1S/C17H10N4S2/c1-2-5-12-10-13(8-7-11(12)4-1)16-20-21-15(14-6-3-9-22-14)18-19-17(21)23-16/h1-10H. The smallest absolute Gasteiger partial charge is 0.181 e. The molecule has 0 unspecified atom stereocenters. The highest BCUT2D eigenvalue weighted by Gasteiger charge is 2.15. The fourth-order valence-corrected chi connectivity index (χ4v) is 4.14. The summed E-state index contributed by atoms with van der Waals surface area (Å²) in [6.07, 6.45) is 0. The topological polar surface area (TPSA) is 43.1 Å². The lowest BCUT2D eigenvalue weighted by Gasteiger charge is -2.00. The second-order valence-corrected chi connectivity index (χ2v) is 7.07. The van der Waals surface area contributed by atoms with Gasteiger partial charge in [-0.1, -0.05) is 53.8 Å². The maximum absolute atomic E-state index is 4.72. The van der Waals surface area contributed by atoms with Crippen LogP contribution in [0.1, 0.15) is 0 Å². The molecule has 4 nitrogen and oxygen atoms in total. The van der Waals surface area contributed by atoms with E-state index < -0.39 is 0 Å². The lowest BCUT2D eigenvalue weighted by molar-refractivity contribution is 0.974. The lowest BCUT2D eigenvalue weighted by Crippen LogP contribution is -1.89. The number of thiophene rings is 1. The zero-order chi connectivity index (χ0) is 15.2. The van der Waals surface area contributed by atoms with E-state index in [-0.39, 0.29) is 0 Å². The maximum atomic E-state index is 4.72. The van der Waals surface area contributed by atoms with E-state index in [0.29, 0.717) is 0 Å². The molecule has 110 valence electrons. The Morgan fingerprint density at radius 1 is 0.870 bits per heavy atom. The van der Waals surface area contributed by atoms with Crippen molar-refractivity contribution < 1.29 is 0 Å². The SMILES string of the molecule is c1csc(-c2nnc3sc(-c4ccc5ccccc5c4)nn23)c1. The molecule has 0 aliphatic rings. The highest BCUT2D eigenvalue weighted by molar-refractivity contribution is 7.20. The van der Waals surface area contributed by atoms with Gasteiger partial charge >= 0.3 is 0 Å². The Bertz CT molecular complexity index is 1120. The second kappa shape index (κ2) is 4.97. The zero-order valence-electron chi connectivity index (χ0n) is 11.9. The Morgan fingerprint density at radius 2 is 1.78 bits per heavy atom. The van der Waals surface area contributed by atoms with Gasteiger partial charge in [0.25, 0.3) is 0 Å². The summed E-state index contributed by atoms with van der Waals surface area (Å²) >= 11 is 3.20. The number of aromatic nitrogens is 4. The highest BCUT2D eigenvalue weighted by atomic mass is 32.1. The van der Waals surface area contributed by atoms with E-state index in [1.54, 1.807) is 22.7 Å². The number of hydrogen-bond acceptors (Lipinski definition) is 5. The Kier molecular flexibility index (Phi) is 2.79. The maximum Gasteiger partial charge on any atom is 0.235 e. The number of fused-ring (bicyclic) bond motifs is 2. The first kappa shape index (κ1) is 12.9. The number of benzene rings is 2. The molecule has 0 radical (unpaired) electrons. The third-order valence-electron chi connectivity index (χ3n) is 3.73. The van der Waals surface area contributed by atoms with Crippen molar-refractivity contribution in [2.24, 2.45) is 0 Å². The van der Waals surface area contributed by atoms with Gasteiger partial charge in [0.05, 0.1) is 4.88 Å². The molecule has 2 aromatic carbocycles. The minimum Gasteiger partial charge on any atom is -0.181 e. The van der Waals surface area contributed by atoms with E-state index in [0.717, 1.165) is 26.2 Å². The molecule has 5 rings (SSSR count). The molecule has 6 heteroatoms. The van der Waals surface area contributed by atoms with E-state index in [1.807, 2.05) is 22.0 Å².